The van der Waals surface area contributed by atoms with Gasteiger partial charge in [0.05, 0.1) is 0 Å². The van der Waals surface area contributed by atoms with Crippen molar-refractivity contribution < 1.29 is 0 Å². The minimum atomic E-state index is 0.257. The first-order valence-electron chi connectivity index (χ1n) is 10.8. The number of rotatable bonds is 4. The summed E-state index contributed by atoms with van der Waals surface area (Å²) in [5, 5.41) is 0. The molecule has 0 heterocycles. The van der Waals surface area contributed by atoms with Gasteiger partial charge in [-0.2, -0.15) is 37.9 Å². The van der Waals surface area contributed by atoms with Crippen LogP contribution in [0.4, 0.5) is 0 Å². The predicted octanol–water partition coefficient (Wildman–Crippen LogP) is 6.29. The third kappa shape index (κ3) is 3.35. The fraction of sp³-hybridized carbons (Fsp3) is 0.538. The van der Waals surface area contributed by atoms with Gasteiger partial charge in [-0.05, 0) is 102 Å². The molecule has 1 aromatic rings. The van der Waals surface area contributed by atoms with Crippen LogP contribution in [0.15, 0.2) is 48.1 Å². The first-order valence-corrected chi connectivity index (χ1v) is 12.7. The number of hydrogen-bond donors (Lipinski definition) is 3. The van der Waals surface area contributed by atoms with Gasteiger partial charge in [0.2, 0.25) is 0 Å². The summed E-state index contributed by atoms with van der Waals surface area (Å²) in [4.78, 5) is 0. The van der Waals surface area contributed by atoms with Crippen molar-refractivity contribution in [2.24, 2.45) is 16.2 Å². The van der Waals surface area contributed by atoms with Crippen molar-refractivity contribution in [1.82, 2.24) is 0 Å². The molecule has 0 atom stereocenters. The fourth-order valence-corrected chi connectivity index (χ4v) is 8.71. The second-order valence-electron chi connectivity index (χ2n) is 10.5. The van der Waals surface area contributed by atoms with Gasteiger partial charge in [0, 0.05) is 11.1 Å². The Hall–Kier alpha value is -0.690. The molecule has 3 heteroatoms. The molecule has 0 radical (unpaired) electrons. The average molecular weight is 439 g/mol. The first-order chi connectivity index (χ1) is 14.0. The minimum absolute atomic E-state index is 0.257. The molecule has 0 amide bonds. The van der Waals surface area contributed by atoms with Crippen LogP contribution in [-0.2, 0) is 5.41 Å². The molecule has 0 nitrogen and oxygen atoms in total. The van der Waals surface area contributed by atoms with E-state index in [0.717, 1.165) is 29.2 Å². The summed E-state index contributed by atoms with van der Waals surface area (Å²) in [5.74, 6) is 9.64. The van der Waals surface area contributed by atoms with Crippen LogP contribution in [0, 0.1) is 28.1 Å². The standard InChI is InChI=1S/C26H30S3/c27-17-23-11-24(18-28)13-25(12-23,19-29)16-26(14-23,15-24)22-9-7-21(8-10-22)6-5-20-3-1-2-4-20/h1-3,7-10,27-29H,4,11-19H2. The van der Waals surface area contributed by atoms with Gasteiger partial charge < -0.3 is 0 Å². The molecule has 6 rings (SSSR count). The first kappa shape index (κ1) is 20.2. The second kappa shape index (κ2) is 7.18. The Morgan fingerprint density at radius 1 is 0.724 bits per heavy atom. The molecule has 29 heavy (non-hydrogen) atoms. The Kier molecular flexibility index (Phi) is 5.01. The van der Waals surface area contributed by atoms with E-state index >= 15 is 0 Å². The molecule has 4 saturated carbocycles. The molecule has 0 spiro atoms. The Morgan fingerprint density at radius 2 is 1.28 bits per heavy atom. The zero-order chi connectivity index (χ0) is 20.2. The van der Waals surface area contributed by atoms with E-state index in [4.69, 9.17) is 37.9 Å². The average Bonchev–Trinajstić information content (AvgIpc) is 3.25. The van der Waals surface area contributed by atoms with Gasteiger partial charge >= 0.3 is 0 Å². The van der Waals surface area contributed by atoms with Gasteiger partial charge in [-0.25, -0.2) is 0 Å². The highest BCUT2D eigenvalue weighted by molar-refractivity contribution is 7.80. The third-order valence-electron chi connectivity index (χ3n) is 8.03. The topological polar surface area (TPSA) is 0 Å². The van der Waals surface area contributed by atoms with E-state index in [9.17, 15) is 0 Å². The molecular weight excluding hydrogens is 408 g/mol. The lowest BCUT2D eigenvalue weighted by Crippen LogP contribution is -2.64. The summed E-state index contributed by atoms with van der Waals surface area (Å²) < 4.78 is 0. The van der Waals surface area contributed by atoms with Gasteiger partial charge in [0.1, 0.15) is 0 Å². The molecule has 4 fully saturated rings. The Labute approximate surface area is 192 Å². The molecule has 5 aliphatic rings. The quantitative estimate of drug-likeness (QED) is 0.357. The largest absolute Gasteiger partial charge is 0.179 e. The summed E-state index contributed by atoms with van der Waals surface area (Å²) >= 11 is 14.6. The highest BCUT2D eigenvalue weighted by Gasteiger charge is 2.67. The van der Waals surface area contributed by atoms with E-state index in [1.54, 1.807) is 0 Å². The smallest absolute Gasteiger partial charge is 0.0249 e. The van der Waals surface area contributed by atoms with Gasteiger partial charge in [0.25, 0.3) is 0 Å². The van der Waals surface area contributed by atoms with E-state index in [1.807, 2.05) is 0 Å². The summed E-state index contributed by atoms with van der Waals surface area (Å²) in [6.07, 6.45) is 15.1. The molecule has 0 saturated heterocycles. The number of hydrogen-bond acceptors (Lipinski definition) is 3. The zero-order valence-corrected chi connectivity index (χ0v) is 19.6. The lowest BCUT2D eigenvalue weighted by molar-refractivity contribution is -0.145. The Morgan fingerprint density at radius 3 is 1.72 bits per heavy atom. The predicted molar refractivity (Wildman–Crippen MR) is 133 cm³/mol. The van der Waals surface area contributed by atoms with E-state index in [2.05, 4.69) is 54.3 Å². The maximum absolute atomic E-state index is 4.88. The summed E-state index contributed by atoms with van der Waals surface area (Å²) in [7, 11) is 0. The molecular formula is C26H30S3. The van der Waals surface area contributed by atoms with Crippen molar-refractivity contribution in [2.75, 3.05) is 17.3 Å². The van der Waals surface area contributed by atoms with Crippen LogP contribution in [0.3, 0.4) is 0 Å². The van der Waals surface area contributed by atoms with E-state index < -0.39 is 0 Å². The van der Waals surface area contributed by atoms with Crippen LogP contribution in [-0.4, -0.2) is 17.3 Å². The molecule has 152 valence electrons. The Balaban J connectivity index is 1.50. The molecule has 0 aliphatic heterocycles. The highest BCUT2D eigenvalue weighted by atomic mass is 32.1. The van der Waals surface area contributed by atoms with Crippen LogP contribution in [0.2, 0.25) is 0 Å². The highest BCUT2D eigenvalue weighted by Crippen LogP contribution is 2.74. The van der Waals surface area contributed by atoms with Gasteiger partial charge in [0.15, 0.2) is 0 Å². The van der Waals surface area contributed by atoms with Gasteiger partial charge in [-0.1, -0.05) is 42.2 Å². The van der Waals surface area contributed by atoms with Crippen molar-refractivity contribution >= 4 is 37.9 Å². The lowest BCUT2D eigenvalue weighted by Gasteiger charge is -2.71. The molecule has 4 bridgehead atoms. The van der Waals surface area contributed by atoms with Crippen LogP contribution in [0.25, 0.3) is 0 Å². The van der Waals surface area contributed by atoms with E-state index in [1.165, 1.54) is 49.7 Å². The molecule has 1 aromatic carbocycles. The van der Waals surface area contributed by atoms with Crippen LogP contribution < -0.4 is 0 Å². The molecule has 0 unspecified atom stereocenters. The maximum Gasteiger partial charge on any atom is 0.0249 e. The van der Waals surface area contributed by atoms with Crippen molar-refractivity contribution in [2.45, 2.75) is 50.4 Å². The van der Waals surface area contributed by atoms with Crippen LogP contribution in [0.1, 0.15) is 56.1 Å². The monoisotopic (exact) mass is 438 g/mol. The third-order valence-corrected chi connectivity index (χ3v) is 10.0. The van der Waals surface area contributed by atoms with Crippen LogP contribution >= 0.6 is 37.9 Å². The van der Waals surface area contributed by atoms with Crippen molar-refractivity contribution in [3.63, 3.8) is 0 Å². The number of thiol groups is 3. The fourth-order valence-electron chi connectivity index (χ4n) is 7.70. The maximum atomic E-state index is 4.88. The van der Waals surface area contributed by atoms with E-state index in [-0.39, 0.29) is 5.41 Å². The second-order valence-corrected chi connectivity index (χ2v) is 11.4. The van der Waals surface area contributed by atoms with Gasteiger partial charge in [-0.15, -0.1) is 0 Å². The van der Waals surface area contributed by atoms with Crippen molar-refractivity contribution in [1.29, 1.82) is 0 Å². The SMILES string of the molecule is SCC12CC3(CS)CC(CS)(C1)CC(c1ccc(C#CC4=CC=CC4)cc1)(C2)C3. The number of benzene rings is 1. The lowest BCUT2D eigenvalue weighted by atomic mass is 9.35. The van der Waals surface area contributed by atoms with Crippen molar-refractivity contribution in [3.8, 4) is 11.8 Å². The Bertz CT molecular complexity index is 869. The zero-order valence-electron chi connectivity index (χ0n) is 17.0. The summed E-state index contributed by atoms with van der Waals surface area (Å²) in [5.41, 5.74) is 5.14. The normalized spacial score (nSPS) is 39.3. The van der Waals surface area contributed by atoms with Crippen molar-refractivity contribution in [3.05, 3.63) is 59.2 Å². The van der Waals surface area contributed by atoms with E-state index in [0.29, 0.717) is 16.2 Å². The van der Waals surface area contributed by atoms with Crippen LogP contribution in [0.5, 0.6) is 0 Å². The van der Waals surface area contributed by atoms with Gasteiger partial charge in [-0.3, -0.25) is 0 Å². The minimum Gasteiger partial charge on any atom is -0.179 e. The summed E-state index contributed by atoms with van der Waals surface area (Å²) in [6, 6.07) is 9.20. The molecule has 0 N–H and O–H groups in total. The summed E-state index contributed by atoms with van der Waals surface area (Å²) in [6.45, 7) is 0. The number of allylic oxidation sites excluding steroid dienone is 4. The molecule has 5 aliphatic carbocycles. The molecule has 0 aromatic heterocycles.